The fourth-order valence-electron chi connectivity index (χ4n) is 2.10. The number of esters is 1. The molecule has 0 saturated carbocycles. The second kappa shape index (κ2) is 6.19. The highest BCUT2D eigenvalue weighted by atomic mass is 79.9. The van der Waals surface area contributed by atoms with Gasteiger partial charge in [0.1, 0.15) is 5.75 Å². The number of hydrogen-bond acceptors (Lipinski definition) is 4. The number of halogens is 1. The van der Waals surface area contributed by atoms with Crippen LogP contribution in [0.3, 0.4) is 0 Å². The van der Waals surface area contributed by atoms with Crippen LogP contribution in [0.15, 0.2) is 18.2 Å². The molecule has 0 amide bonds. The van der Waals surface area contributed by atoms with E-state index in [4.69, 9.17) is 9.47 Å². The minimum Gasteiger partial charge on any atom is -0.482 e. The summed E-state index contributed by atoms with van der Waals surface area (Å²) in [4.78, 5) is 23.2. The molecule has 0 aliphatic heterocycles. The average Bonchev–Trinajstić information content (AvgIpc) is 2.41. The summed E-state index contributed by atoms with van der Waals surface area (Å²) in [6.45, 7) is 1.95. The van der Waals surface area contributed by atoms with Gasteiger partial charge in [-0.3, -0.25) is 4.79 Å². The second-order valence-electron chi connectivity index (χ2n) is 4.25. The summed E-state index contributed by atoms with van der Waals surface area (Å²) in [5, 5.41) is 0. The lowest BCUT2D eigenvalue weighted by molar-refractivity contribution is -0.145. The van der Waals surface area contributed by atoms with Crippen molar-refractivity contribution in [3.63, 3.8) is 0 Å². The van der Waals surface area contributed by atoms with Crippen molar-refractivity contribution in [3.8, 4) is 5.75 Å². The first-order chi connectivity index (χ1) is 9.13. The third-order valence-electron chi connectivity index (χ3n) is 2.98. The van der Waals surface area contributed by atoms with Gasteiger partial charge in [-0.1, -0.05) is 28.1 Å². The maximum atomic E-state index is 12.0. The van der Waals surface area contributed by atoms with Crippen molar-refractivity contribution in [2.24, 2.45) is 0 Å². The third kappa shape index (κ3) is 3.15. The molecule has 1 atom stereocenters. The smallest absolute Gasteiger partial charge is 0.344 e. The number of alkyl halides is 1. The van der Waals surface area contributed by atoms with E-state index in [1.165, 1.54) is 0 Å². The lowest BCUT2D eigenvalue weighted by atomic mass is 9.90. The Morgan fingerprint density at radius 3 is 3.00 bits per heavy atom. The van der Waals surface area contributed by atoms with Gasteiger partial charge in [0, 0.05) is 11.1 Å². The molecule has 102 valence electrons. The molecule has 0 N–H and O–H groups in total. The number of rotatable bonds is 4. The predicted molar refractivity (Wildman–Crippen MR) is 73.9 cm³/mol. The zero-order valence-corrected chi connectivity index (χ0v) is 12.2. The Labute approximate surface area is 120 Å². The Kier molecular flexibility index (Phi) is 4.58. The highest BCUT2D eigenvalue weighted by Gasteiger charge is 2.27. The molecule has 0 spiro atoms. The van der Waals surface area contributed by atoms with E-state index in [9.17, 15) is 9.59 Å². The Balaban J connectivity index is 2.15. The molecular weight excluding hydrogens is 312 g/mol. The molecule has 1 aromatic rings. The zero-order chi connectivity index (χ0) is 13.8. The molecule has 0 saturated heterocycles. The average molecular weight is 327 g/mol. The van der Waals surface area contributed by atoms with Gasteiger partial charge in [-0.15, -0.1) is 0 Å². The topological polar surface area (TPSA) is 52.6 Å². The van der Waals surface area contributed by atoms with Gasteiger partial charge in [-0.2, -0.15) is 0 Å². The molecule has 0 radical (unpaired) electrons. The van der Waals surface area contributed by atoms with E-state index in [0.717, 1.165) is 18.4 Å². The number of carbonyl (C=O) groups excluding carboxylic acids is 2. The van der Waals surface area contributed by atoms with Gasteiger partial charge >= 0.3 is 5.97 Å². The van der Waals surface area contributed by atoms with Crippen LogP contribution >= 0.6 is 15.9 Å². The SMILES string of the molecule is CCOC(=O)COc1cccc2c1CCC(Br)C2=O. The van der Waals surface area contributed by atoms with Crippen molar-refractivity contribution >= 4 is 27.7 Å². The van der Waals surface area contributed by atoms with Crippen molar-refractivity contribution in [1.82, 2.24) is 0 Å². The Hall–Kier alpha value is -1.36. The van der Waals surface area contributed by atoms with E-state index < -0.39 is 5.97 Å². The van der Waals surface area contributed by atoms with Crippen molar-refractivity contribution < 1.29 is 19.1 Å². The van der Waals surface area contributed by atoms with Crippen LogP contribution < -0.4 is 4.74 Å². The first kappa shape index (κ1) is 14.1. The van der Waals surface area contributed by atoms with Gasteiger partial charge in [-0.05, 0) is 25.8 Å². The van der Waals surface area contributed by atoms with Crippen LogP contribution in [0.2, 0.25) is 0 Å². The summed E-state index contributed by atoms with van der Waals surface area (Å²) < 4.78 is 10.3. The van der Waals surface area contributed by atoms with Gasteiger partial charge in [0.15, 0.2) is 12.4 Å². The fraction of sp³-hybridized carbons (Fsp3) is 0.429. The van der Waals surface area contributed by atoms with Gasteiger partial charge in [0.2, 0.25) is 0 Å². The largest absolute Gasteiger partial charge is 0.482 e. The third-order valence-corrected chi connectivity index (χ3v) is 3.86. The number of ether oxygens (including phenoxy) is 2. The summed E-state index contributed by atoms with van der Waals surface area (Å²) in [5.74, 6) is 0.266. The summed E-state index contributed by atoms with van der Waals surface area (Å²) in [5.41, 5.74) is 1.56. The van der Waals surface area contributed by atoms with E-state index in [2.05, 4.69) is 15.9 Å². The van der Waals surface area contributed by atoms with Gasteiger partial charge in [-0.25, -0.2) is 4.79 Å². The zero-order valence-electron chi connectivity index (χ0n) is 10.6. The minimum absolute atomic E-state index is 0.0721. The Bertz CT molecular complexity index is 498. The molecule has 4 nitrogen and oxygen atoms in total. The first-order valence-electron chi connectivity index (χ1n) is 6.22. The number of benzene rings is 1. The van der Waals surface area contributed by atoms with Crippen molar-refractivity contribution in [1.29, 1.82) is 0 Å². The summed E-state index contributed by atoms with van der Waals surface area (Å²) in [6, 6.07) is 5.34. The van der Waals surface area contributed by atoms with E-state index in [1.807, 2.05) is 0 Å². The normalized spacial score (nSPS) is 17.8. The van der Waals surface area contributed by atoms with Crippen LogP contribution in [0.5, 0.6) is 5.75 Å². The maximum absolute atomic E-state index is 12.0. The second-order valence-corrected chi connectivity index (χ2v) is 5.35. The lowest BCUT2D eigenvalue weighted by Gasteiger charge is -2.21. The molecule has 0 heterocycles. The van der Waals surface area contributed by atoms with Crippen LogP contribution in [0.25, 0.3) is 0 Å². The maximum Gasteiger partial charge on any atom is 0.344 e. The van der Waals surface area contributed by atoms with Gasteiger partial charge < -0.3 is 9.47 Å². The summed E-state index contributed by atoms with van der Waals surface area (Å²) in [6.07, 6.45) is 1.50. The molecule has 2 rings (SSSR count). The molecule has 0 fully saturated rings. The minimum atomic E-state index is -0.402. The number of fused-ring (bicyclic) bond motifs is 1. The molecule has 19 heavy (non-hydrogen) atoms. The predicted octanol–water partition coefficient (Wildman–Crippen LogP) is 2.52. The first-order valence-corrected chi connectivity index (χ1v) is 7.13. The lowest BCUT2D eigenvalue weighted by Crippen LogP contribution is -2.23. The molecule has 1 aliphatic rings. The summed E-state index contributed by atoms with van der Waals surface area (Å²) in [7, 11) is 0. The van der Waals surface area contributed by atoms with Crippen LogP contribution in [-0.2, 0) is 16.0 Å². The fourth-order valence-corrected chi connectivity index (χ4v) is 2.58. The molecule has 1 aromatic carbocycles. The summed E-state index contributed by atoms with van der Waals surface area (Å²) >= 11 is 3.37. The molecule has 1 aliphatic carbocycles. The molecule has 5 heteroatoms. The standard InChI is InChI=1S/C14H15BrO4/c1-2-18-13(16)8-19-12-5-3-4-10-9(12)6-7-11(15)14(10)17/h3-5,11H,2,6-8H2,1H3. The van der Waals surface area contributed by atoms with E-state index in [1.54, 1.807) is 25.1 Å². The van der Waals surface area contributed by atoms with E-state index in [0.29, 0.717) is 17.9 Å². The van der Waals surface area contributed by atoms with Crippen LogP contribution in [0.4, 0.5) is 0 Å². The van der Waals surface area contributed by atoms with Crippen molar-refractivity contribution in [2.45, 2.75) is 24.6 Å². The number of ketones is 1. The molecule has 1 unspecified atom stereocenters. The highest BCUT2D eigenvalue weighted by molar-refractivity contribution is 9.10. The molecular formula is C14H15BrO4. The Morgan fingerprint density at radius 1 is 1.47 bits per heavy atom. The van der Waals surface area contributed by atoms with E-state index in [-0.39, 0.29) is 17.2 Å². The van der Waals surface area contributed by atoms with Crippen molar-refractivity contribution in [3.05, 3.63) is 29.3 Å². The van der Waals surface area contributed by atoms with Gasteiger partial charge in [0.05, 0.1) is 11.4 Å². The quantitative estimate of drug-likeness (QED) is 0.630. The van der Waals surface area contributed by atoms with Crippen LogP contribution in [-0.4, -0.2) is 29.8 Å². The molecule has 0 aromatic heterocycles. The Morgan fingerprint density at radius 2 is 2.26 bits per heavy atom. The van der Waals surface area contributed by atoms with Crippen LogP contribution in [0, 0.1) is 0 Å². The monoisotopic (exact) mass is 326 g/mol. The number of Topliss-reactive ketones (excluding diaryl/α,β-unsaturated/α-hetero) is 1. The highest BCUT2D eigenvalue weighted by Crippen LogP contribution is 2.32. The van der Waals surface area contributed by atoms with E-state index >= 15 is 0 Å². The van der Waals surface area contributed by atoms with Gasteiger partial charge in [0.25, 0.3) is 0 Å². The number of hydrogen-bond donors (Lipinski definition) is 0. The molecule has 0 bridgehead atoms. The van der Waals surface area contributed by atoms with Crippen molar-refractivity contribution in [2.75, 3.05) is 13.2 Å². The van der Waals surface area contributed by atoms with Crippen LogP contribution in [0.1, 0.15) is 29.3 Å². The number of carbonyl (C=O) groups is 2.